The van der Waals surface area contributed by atoms with Gasteiger partial charge in [0.2, 0.25) is 0 Å². The molecule has 4 rings (SSSR count). The number of para-hydroxylation sites is 4. The van der Waals surface area contributed by atoms with Crippen molar-refractivity contribution in [2.24, 2.45) is 5.92 Å². The first-order chi connectivity index (χ1) is 21.6. The zero-order valence-electron chi connectivity index (χ0n) is 27.0. The minimum Gasteiger partial charge on any atom is -0.496 e. The average molecular weight is 631 g/mol. The summed E-state index contributed by atoms with van der Waals surface area (Å²) in [6.07, 6.45) is 9.62. The summed E-state index contributed by atoms with van der Waals surface area (Å²) in [5.41, 5.74) is 0. The molecule has 4 nitrogen and oxygen atoms in total. The number of benzene rings is 4. The lowest BCUT2D eigenvalue weighted by Crippen LogP contribution is -2.26. The molecule has 44 heavy (non-hydrogen) atoms. The Kier molecular flexibility index (Phi) is 13.9. The molecule has 4 aromatic rings. The van der Waals surface area contributed by atoms with Crippen molar-refractivity contribution in [3.63, 3.8) is 0 Å². The Morgan fingerprint density at radius 3 is 1.09 bits per heavy atom. The highest BCUT2D eigenvalue weighted by Crippen LogP contribution is 2.48. The van der Waals surface area contributed by atoms with Crippen LogP contribution >= 0.6 is 15.8 Å². The Bertz CT molecular complexity index is 1230. The Morgan fingerprint density at radius 2 is 0.773 bits per heavy atom. The van der Waals surface area contributed by atoms with Gasteiger partial charge in [0, 0.05) is 21.2 Å². The molecule has 6 heteroatoms. The lowest BCUT2D eigenvalue weighted by Gasteiger charge is -2.31. The van der Waals surface area contributed by atoms with Gasteiger partial charge in [0.25, 0.3) is 0 Å². The number of unbranched alkanes of at least 4 members (excludes halogenated alkanes) is 4. The molecule has 0 aliphatic heterocycles. The molecule has 0 heterocycles. The van der Waals surface area contributed by atoms with Crippen LogP contribution in [0.25, 0.3) is 0 Å². The minimum atomic E-state index is -0.764. The van der Waals surface area contributed by atoms with E-state index in [1.165, 1.54) is 59.7 Å². The maximum absolute atomic E-state index is 5.95. The van der Waals surface area contributed by atoms with Crippen molar-refractivity contribution < 1.29 is 18.9 Å². The molecule has 0 atom stereocenters. The maximum atomic E-state index is 5.95. The summed E-state index contributed by atoms with van der Waals surface area (Å²) in [6, 6.07) is 34.2. The fraction of sp³-hybridized carbons (Fsp3) is 0.368. The zero-order chi connectivity index (χ0) is 31.1. The van der Waals surface area contributed by atoms with Crippen LogP contribution in [0.5, 0.6) is 23.0 Å². The fourth-order valence-corrected chi connectivity index (χ4v) is 11.8. The van der Waals surface area contributed by atoms with Gasteiger partial charge in [-0.1, -0.05) is 112 Å². The highest BCUT2D eigenvalue weighted by atomic mass is 31.1. The normalized spacial score (nSPS) is 11.3. The smallest absolute Gasteiger partial charge is 0.126 e. The van der Waals surface area contributed by atoms with E-state index in [2.05, 4.69) is 104 Å². The summed E-state index contributed by atoms with van der Waals surface area (Å²) >= 11 is 0. The van der Waals surface area contributed by atoms with Crippen LogP contribution in [0, 0.1) is 5.92 Å². The molecule has 0 radical (unpaired) electrons. The second-order valence-electron chi connectivity index (χ2n) is 11.0. The van der Waals surface area contributed by atoms with E-state index < -0.39 is 15.8 Å². The van der Waals surface area contributed by atoms with Gasteiger partial charge in [-0.15, -0.1) is 0 Å². The van der Waals surface area contributed by atoms with Gasteiger partial charge in [-0.2, -0.15) is 0 Å². The molecular weight excluding hydrogens is 582 g/mol. The molecule has 0 amide bonds. The molecule has 4 aromatic carbocycles. The van der Waals surface area contributed by atoms with Crippen molar-refractivity contribution >= 4 is 37.1 Å². The third-order valence-corrected chi connectivity index (χ3v) is 13.7. The van der Waals surface area contributed by atoms with E-state index in [0.29, 0.717) is 5.92 Å². The largest absolute Gasteiger partial charge is 0.496 e. The predicted octanol–water partition coefficient (Wildman–Crippen LogP) is 8.26. The highest BCUT2D eigenvalue weighted by molar-refractivity contribution is 7.74. The van der Waals surface area contributed by atoms with Gasteiger partial charge in [0.15, 0.2) is 0 Å². The summed E-state index contributed by atoms with van der Waals surface area (Å²) < 4.78 is 23.8. The SMILES string of the molecule is CCCCCCCC(CP(c1ccccc1OC)c1ccccc1OC)CP(c1ccccc1OC)c1ccccc1OC. The molecule has 234 valence electrons. The maximum Gasteiger partial charge on any atom is 0.126 e. The standard InChI is InChI=1S/C38H48O4P2/c1-6-7-8-9-10-19-30(28-43(35-24-15-11-20-31(35)39-2)36-25-16-12-21-32(36)40-3)29-44(37-26-17-13-22-33(37)41-4)38-27-18-14-23-34(38)42-5/h11-18,20-27,30H,6-10,19,28-29H2,1-5H3. The number of rotatable bonds is 18. The van der Waals surface area contributed by atoms with Gasteiger partial charge < -0.3 is 18.9 Å². The third-order valence-electron chi connectivity index (χ3n) is 8.10. The third kappa shape index (κ3) is 8.77. The van der Waals surface area contributed by atoms with Crippen LogP contribution < -0.4 is 40.2 Å². The van der Waals surface area contributed by atoms with Crippen LogP contribution in [-0.2, 0) is 0 Å². The molecule has 0 unspecified atom stereocenters. The van der Waals surface area contributed by atoms with Crippen molar-refractivity contribution in [3.8, 4) is 23.0 Å². The topological polar surface area (TPSA) is 36.9 Å². The summed E-state index contributed by atoms with van der Waals surface area (Å²) in [7, 11) is 5.59. The van der Waals surface area contributed by atoms with Crippen molar-refractivity contribution in [1.29, 1.82) is 0 Å². The van der Waals surface area contributed by atoms with Crippen LogP contribution in [-0.4, -0.2) is 40.8 Å². The van der Waals surface area contributed by atoms with Gasteiger partial charge in [-0.05, 0) is 64.8 Å². The summed E-state index contributed by atoms with van der Waals surface area (Å²) in [5.74, 6) is 4.26. The second-order valence-corrected chi connectivity index (χ2v) is 15.3. The van der Waals surface area contributed by atoms with E-state index in [1.807, 2.05) is 0 Å². The molecule has 0 saturated heterocycles. The number of hydrogen-bond acceptors (Lipinski definition) is 4. The van der Waals surface area contributed by atoms with Gasteiger partial charge >= 0.3 is 0 Å². The lowest BCUT2D eigenvalue weighted by molar-refractivity contribution is 0.417. The van der Waals surface area contributed by atoms with E-state index in [1.54, 1.807) is 28.4 Å². The van der Waals surface area contributed by atoms with E-state index in [-0.39, 0.29) is 0 Å². The molecule has 0 fully saturated rings. The van der Waals surface area contributed by atoms with E-state index >= 15 is 0 Å². The van der Waals surface area contributed by atoms with Crippen LogP contribution in [0.2, 0.25) is 0 Å². The number of hydrogen-bond donors (Lipinski definition) is 0. The summed E-state index contributed by atoms with van der Waals surface area (Å²) in [4.78, 5) is 0. The quantitative estimate of drug-likeness (QED) is 0.0820. The van der Waals surface area contributed by atoms with Gasteiger partial charge in [-0.25, -0.2) is 0 Å². The van der Waals surface area contributed by atoms with Gasteiger partial charge in [0.05, 0.1) is 28.4 Å². The first kappa shape index (κ1) is 33.8. The summed E-state index contributed by atoms with van der Waals surface area (Å²) in [6.45, 7) is 2.28. The van der Waals surface area contributed by atoms with Crippen molar-refractivity contribution in [2.45, 2.75) is 45.4 Å². The molecule has 0 N–H and O–H groups in total. The van der Waals surface area contributed by atoms with Crippen LogP contribution in [0.1, 0.15) is 45.4 Å². The summed E-state index contributed by atoms with van der Waals surface area (Å²) in [5, 5.41) is 5.07. The highest BCUT2D eigenvalue weighted by Gasteiger charge is 2.29. The first-order valence-corrected chi connectivity index (χ1v) is 18.8. The number of ether oxygens (including phenoxy) is 4. The van der Waals surface area contributed by atoms with E-state index in [0.717, 1.165) is 35.3 Å². The van der Waals surface area contributed by atoms with Crippen molar-refractivity contribution in [2.75, 3.05) is 40.8 Å². The van der Waals surface area contributed by atoms with Gasteiger partial charge in [0.1, 0.15) is 23.0 Å². The first-order valence-electron chi connectivity index (χ1n) is 15.7. The monoisotopic (exact) mass is 630 g/mol. The molecule has 0 aliphatic carbocycles. The molecule has 0 aliphatic rings. The van der Waals surface area contributed by atoms with Crippen LogP contribution in [0.15, 0.2) is 97.1 Å². The minimum absolute atomic E-state index is 0.471. The lowest BCUT2D eigenvalue weighted by atomic mass is 10.0. The van der Waals surface area contributed by atoms with Crippen molar-refractivity contribution in [3.05, 3.63) is 97.1 Å². The average Bonchev–Trinajstić information content (AvgIpc) is 3.09. The van der Waals surface area contributed by atoms with Crippen molar-refractivity contribution in [1.82, 2.24) is 0 Å². The Labute approximate surface area is 267 Å². The Hall–Kier alpha value is -3.06. The molecule has 0 saturated carbocycles. The predicted molar refractivity (Wildman–Crippen MR) is 191 cm³/mol. The Morgan fingerprint density at radius 1 is 0.455 bits per heavy atom. The van der Waals surface area contributed by atoms with E-state index in [4.69, 9.17) is 18.9 Å². The zero-order valence-corrected chi connectivity index (χ0v) is 28.8. The molecule has 0 bridgehead atoms. The number of methoxy groups -OCH3 is 4. The Balaban J connectivity index is 1.80. The van der Waals surface area contributed by atoms with Crippen LogP contribution in [0.3, 0.4) is 0 Å². The molecule has 0 aromatic heterocycles. The van der Waals surface area contributed by atoms with Crippen LogP contribution in [0.4, 0.5) is 0 Å². The van der Waals surface area contributed by atoms with E-state index in [9.17, 15) is 0 Å². The molecular formula is C38H48O4P2. The van der Waals surface area contributed by atoms with Gasteiger partial charge in [-0.3, -0.25) is 0 Å². The fourth-order valence-electron chi connectivity index (χ4n) is 5.86. The second kappa shape index (κ2) is 18.0. The molecule has 0 spiro atoms.